The zero-order valence-corrected chi connectivity index (χ0v) is 17.6. The number of carbonyl (C=O) groups is 1. The number of hydrogen-bond acceptors (Lipinski definition) is 6. The SMILES string of the molecule is COc1ccc(CC(=O)N2CCN(c3cc(-n4cccn4)nc(C)n3)CC2)cc1C. The molecule has 8 nitrogen and oxygen atoms in total. The second-order valence-electron chi connectivity index (χ2n) is 7.43. The van der Waals surface area contributed by atoms with Crippen molar-refractivity contribution in [2.24, 2.45) is 0 Å². The van der Waals surface area contributed by atoms with E-state index in [0.717, 1.165) is 41.6 Å². The number of hydrogen-bond donors (Lipinski definition) is 0. The standard InChI is InChI=1S/C22H26N6O2/c1-16-13-18(5-6-19(16)30-3)14-22(29)27-11-9-26(10-12-27)20-15-21(25-17(2)24-20)28-8-4-7-23-28/h4-8,13,15H,9-12,14H2,1-3H3. The highest BCUT2D eigenvalue weighted by atomic mass is 16.5. The summed E-state index contributed by atoms with van der Waals surface area (Å²) in [7, 11) is 1.66. The Morgan fingerprint density at radius 1 is 1.07 bits per heavy atom. The minimum absolute atomic E-state index is 0.148. The van der Waals surface area contributed by atoms with Crippen molar-refractivity contribution in [3.8, 4) is 11.6 Å². The summed E-state index contributed by atoms with van der Waals surface area (Å²) in [6.07, 6.45) is 4.00. The fourth-order valence-corrected chi connectivity index (χ4v) is 3.74. The quantitative estimate of drug-likeness (QED) is 0.646. The predicted octanol–water partition coefficient (Wildman–Crippen LogP) is 2.18. The number of rotatable bonds is 5. The van der Waals surface area contributed by atoms with Gasteiger partial charge in [0.05, 0.1) is 13.5 Å². The lowest BCUT2D eigenvalue weighted by Crippen LogP contribution is -2.49. The summed E-state index contributed by atoms with van der Waals surface area (Å²) >= 11 is 0. The van der Waals surface area contributed by atoms with E-state index in [-0.39, 0.29) is 5.91 Å². The van der Waals surface area contributed by atoms with Crippen LogP contribution in [0.2, 0.25) is 0 Å². The van der Waals surface area contributed by atoms with Crippen LogP contribution in [-0.2, 0) is 11.2 Å². The predicted molar refractivity (Wildman–Crippen MR) is 114 cm³/mol. The molecule has 1 fully saturated rings. The molecule has 0 unspecified atom stereocenters. The third-order valence-electron chi connectivity index (χ3n) is 5.32. The molecule has 0 atom stereocenters. The van der Waals surface area contributed by atoms with E-state index in [1.165, 1.54) is 0 Å². The molecule has 1 saturated heterocycles. The van der Waals surface area contributed by atoms with E-state index in [2.05, 4.69) is 20.0 Å². The molecule has 8 heteroatoms. The van der Waals surface area contributed by atoms with E-state index in [1.807, 2.05) is 55.3 Å². The zero-order chi connectivity index (χ0) is 21.1. The molecule has 30 heavy (non-hydrogen) atoms. The Morgan fingerprint density at radius 3 is 2.50 bits per heavy atom. The number of anilines is 1. The summed E-state index contributed by atoms with van der Waals surface area (Å²) < 4.78 is 7.03. The number of carbonyl (C=O) groups excluding carboxylic acids is 1. The van der Waals surface area contributed by atoms with Gasteiger partial charge in [0.1, 0.15) is 17.4 Å². The van der Waals surface area contributed by atoms with Crippen molar-refractivity contribution in [3.63, 3.8) is 0 Å². The van der Waals surface area contributed by atoms with E-state index in [1.54, 1.807) is 18.0 Å². The van der Waals surface area contributed by atoms with Crippen LogP contribution in [-0.4, -0.2) is 63.8 Å². The van der Waals surface area contributed by atoms with E-state index in [0.29, 0.717) is 25.3 Å². The summed E-state index contributed by atoms with van der Waals surface area (Å²) in [6, 6.07) is 9.71. The van der Waals surface area contributed by atoms with Crippen LogP contribution in [0.25, 0.3) is 5.82 Å². The summed E-state index contributed by atoms with van der Waals surface area (Å²) in [6.45, 7) is 6.70. The number of benzene rings is 1. The van der Waals surface area contributed by atoms with E-state index < -0.39 is 0 Å². The number of nitrogens with zero attached hydrogens (tertiary/aromatic N) is 6. The molecule has 0 aliphatic carbocycles. The van der Waals surface area contributed by atoms with Crippen LogP contribution in [0.1, 0.15) is 17.0 Å². The van der Waals surface area contributed by atoms with Gasteiger partial charge in [0.15, 0.2) is 5.82 Å². The summed E-state index contributed by atoms with van der Waals surface area (Å²) in [5, 5.41) is 4.25. The van der Waals surface area contributed by atoms with Gasteiger partial charge in [-0.25, -0.2) is 14.6 Å². The molecule has 1 aliphatic rings. The molecule has 3 heterocycles. The summed E-state index contributed by atoms with van der Waals surface area (Å²) in [5.41, 5.74) is 2.05. The fraction of sp³-hybridized carbons (Fsp3) is 0.364. The monoisotopic (exact) mass is 406 g/mol. The third-order valence-corrected chi connectivity index (χ3v) is 5.32. The number of ether oxygens (including phenoxy) is 1. The van der Waals surface area contributed by atoms with Crippen molar-refractivity contribution < 1.29 is 9.53 Å². The van der Waals surface area contributed by atoms with Crippen LogP contribution < -0.4 is 9.64 Å². The molecule has 4 rings (SSSR count). The second-order valence-corrected chi connectivity index (χ2v) is 7.43. The Bertz CT molecular complexity index is 1030. The largest absolute Gasteiger partial charge is 0.496 e. The molecule has 0 saturated carbocycles. The molecular weight excluding hydrogens is 380 g/mol. The lowest BCUT2D eigenvalue weighted by molar-refractivity contribution is -0.130. The number of methoxy groups -OCH3 is 1. The maximum atomic E-state index is 12.8. The Balaban J connectivity index is 1.39. The number of piperazine rings is 1. The smallest absolute Gasteiger partial charge is 0.227 e. The Labute approximate surface area is 176 Å². The van der Waals surface area contributed by atoms with E-state index >= 15 is 0 Å². The molecule has 0 bridgehead atoms. The first-order valence-electron chi connectivity index (χ1n) is 10.1. The van der Waals surface area contributed by atoms with Crippen molar-refractivity contribution in [3.05, 3.63) is 59.7 Å². The molecule has 3 aromatic rings. The van der Waals surface area contributed by atoms with Crippen molar-refractivity contribution in [2.45, 2.75) is 20.3 Å². The zero-order valence-electron chi connectivity index (χ0n) is 17.6. The first kappa shape index (κ1) is 19.9. The van der Waals surface area contributed by atoms with Crippen LogP contribution in [0.15, 0.2) is 42.7 Å². The van der Waals surface area contributed by atoms with Crippen LogP contribution in [0.5, 0.6) is 5.75 Å². The highest BCUT2D eigenvalue weighted by molar-refractivity contribution is 5.79. The maximum Gasteiger partial charge on any atom is 0.227 e. The summed E-state index contributed by atoms with van der Waals surface area (Å²) in [5.74, 6) is 3.30. The first-order chi connectivity index (χ1) is 14.5. The van der Waals surface area contributed by atoms with Gasteiger partial charge in [0.2, 0.25) is 5.91 Å². The van der Waals surface area contributed by atoms with Crippen LogP contribution in [0.3, 0.4) is 0 Å². The van der Waals surface area contributed by atoms with Gasteiger partial charge >= 0.3 is 0 Å². The van der Waals surface area contributed by atoms with Crippen LogP contribution in [0, 0.1) is 13.8 Å². The average Bonchev–Trinajstić information content (AvgIpc) is 3.29. The van der Waals surface area contributed by atoms with Gasteiger partial charge in [0.25, 0.3) is 0 Å². The van der Waals surface area contributed by atoms with Gasteiger partial charge in [-0.1, -0.05) is 12.1 Å². The number of aryl methyl sites for hydroxylation is 2. The van der Waals surface area contributed by atoms with Gasteiger partial charge < -0.3 is 14.5 Å². The van der Waals surface area contributed by atoms with Crippen molar-refractivity contribution >= 4 is 11.7 Å². The average molecular weight is 406 g/mol. The first-order valence-corrected chi connectivity index (χ1v) is 10.1. The Kier molecular flexibility index (Phi) is 5.65. The van der Waals surface area contributed by atoms with E-state index in [9.17, 15) is 4.79 Å². The van der Waals surface area contributed by atoms with Gasteiger partial charge in [-0.3, -0.25) is 4.79 Å². The fourth-order valence-electron chi connectivity index (χ4n) is 3.74. The maximum absolute atomic E-state index is 12.8. The lowest BCUT2D eigenvalue weighted by Gasteiger charge is -2.35. The topological polar surface area (TPSA) is 76.4 Å². The second kappa shape index (κ2) is 8.52. The van der Waals surface area contributed by atoms with Gasteiger partial charge in [-0.15, -0.1) is 0 Å². The normalized spacial score (nSPS) is 14.1. The molecule has 0 spiro atoms. The molecule has 1 aromatic carbocycles. The number of amides is 1. The molecule has 156 valence electrons. The van der Waals surface area contributed by atoms with Crippen LogP contribution >= 0.6 is 0 Å². The van der Waals surface area contributed by atoms with Gasteiger partial charge in [0, 0.05) is 44.6 Å². The summed E-state index contributed by atoms with van der Waals surface area (Å²) in [4.78, 5) is 26.0. The molecule has 1 amide bonds. The van der Waals surface area contributed by atoms with Crippen molar-refractivity contribution in [2.75, 3.05) is 38.2 Å². The highest BCUT2D eigenvalue weighted by Crippen LogP contribution is 2.20. The minimum atomic E-state index is 0.148. The van der Waals surface area contributed by atoms with Crippen molar-refractivity contribution in [1.82, 2.24) is 24.6 Å². The van der Waals surface area contributed by atoms with E-state index in [4.69, 9.17) is 4.74 Å². The minimum Gasteiger partial charge on any atom is -0.496 e. The molecular formula is C22H26N6O2. The highest BCUT2D eigenvalue weighted by Gasteiger charge is 2.23. The van der Waals surface area contributed by atoms with Gasteiger partial charge in [-0.2, -0.15) is 5.10 Å². The Morgan fingerprint density at radius 2 is 1.83 bits per heavy atom. The Hall–Kier alpha value is -3.42. The van der Waals surface area contributed by atoms with Gasteiger partial charge in [-0.05, 0) is 37.1 Å². The molecule has 0 N–H and O–H groups in total. The molecule has 0 radical (unpaired) electrons. The van der Waals surface area contributed by atoms with Crippen molar-refractivity contribution in [1.29, 1.82) is 0 Å². The van der Waals surface area contributed by atoms with Crippen LogP contribution in [0.4, 0.5) is 5.82 Å². The third kappa shape index (κ3) is 4.27. The molecule has 2 aromatic heterocycles. The number of aromatic nitrogens is 4. The lowest BCUT2D eigenvalue weighted by atomic mass is 10.1. The molecule has 1 aliphatic heterocycles.